The van der Waals surface area contributed by atoms with Crippen molar-refractivity contribution >= 4 is 17.3 Å². The third-order valence-electron chi connectivity index (χ3n) is 1.91. The van der Waals surface area contributed by atoms with Crippen LogP contribution in [0.2, 0.25) is 0 Å². The van der Waals surface area contributed by atoms with E-state index in [1.54, 1.807) is 25.3 Å². The molecule has 1 aromatic rings. The van der Waals surface area contributed by atoms with Gasteiger partial charge in [-0.1, -0.05) is 0 Å². The number of ether oxygens (including phenoxy) is 1. The third kappa shape index (κ3) is 3.14. The second kappa shape index (κ2) is 5.21. The molecular weight excluding hydrogens is 194 g/mol. The molecule has 0 atom stereocenters. The summed E-state index contributed by atoms with van der Waals surface area (Å²) in [6.07, 6.45) is 0. The summed E-state index contributed by atoms with van der Waals surface area (Å²) in [7, 11) is 1.57. The fourth-order valence-corrected chi connectivity index (χ4v) is 1.15. The molecule has 82 valence electrons. The average Bonchev–Trinajstić information content (AvgIpc) is 2.17. The highest BCUT2D eigenvalue weighted by molar-refractivity contribution is 5.99. The van der Waals surface area contributed by atoms with Gasteiger partial charge in [0.15, 0.2) is 0 Å². The molecule has 0 aromatic heterocycles. The first-order chi connectivity index (χ1) is 7.15. The van der Waals surface area contributed by atoms with Crippen molar-refractivity contribution < 1.29 is 9.53 Å². The van der Waals surface area contributed by atoms with Crippen molar-refractivity contribution in [3.63, 3.8) is 0 Å². The van der Waals surface area contributed by atoms with Gasteiger partial charge in [-0.25, -0.2) is 0 Å². The standard InChI is InChI=1S/C10H15N3O2/c1-15-5-4-13-10(14)8-3-2-7(11)6-9(8)12/h2-3,6H,4-5,11-12H2,1H3,(H,13,14). The lowest BCUT2D eigenvalue weighted by molar-refractivity contribution is 0.0938. The number of nitrogens with two attached hydrogens (primary N) is 2. The number of carbonyl (C=O) groups is 1. The number of rotatable bonds is 4. The van der Waals surface area contributed by atoms with Crippen molar-refractivity contribution in [1.29, 1.82) is 0 Å². The predicted molar refractivity (Wildman–Crippen MR) is 59.5 cm³/mol. The topological polar surface area (TPSA) is 90.4 Å². The Hall–Kier alpha value is -1.75. The molecule has 5 heteroatoms. The van der Waals surface area contributed by atoms with Gasteiger partial charge in [0.1, 0.15) is 0 Å². The number of nitrogen functional groups attached to an aromatic ring is 2. The van der Waals surface area contributed by atoms with Gasteiger partial charge in [0, 0.05) is 25.0 Å². The van der Waals surface area contributed by atoms with Crippen molar-refractivity contribution in [1.82, 2.24) is 5.32 Å². The van der Waals surface area contributed by atoms with Gasteiger partial charge in [0.05, 0.1) is 12.2 Å². The van der Waals surface area contributed by atoms with Crippen LogP contribution in [0.3, 0.4) is 0 Å². The summed E-state index contributed by atoms with van der Waals surface area (Å²) in [5.74, 6) is -0.218. The Balaban J connectivity index is 2.65. The lowest BCUT2D eigenvalue weighted by Gasteiger charge is -2.07. The van der Waals surface area contributed by atoms with E-state index < -0.39 is 0 Å². The van der Waals surface area contributed by atoms with Crippen LogP contribution in [-0.4, -0.2) is 26.2 Å². The van der Waals surface area contributed by atoms with Crippen LogP contribution in [0.4, 0.5) is 11.4 Å². The van der Waals surface area contributed by atoms with E-state index in [0.717, 1.165) is 0 Å². The zero-order valence-electron chi connectivity index (χ0n) is 8.62. The smallest absolute Gasteiger partial charge is 0.253 e. The zero-order valence-corrected chi connectivity index (χ0v) is 8.62. The molecule has 0 saturated heterocycles. The summed E-state index contributed by atoms with van der Waals surface area (Å²) in [4.78, 5) is 11.6. The van der Waals surface area contributed by atoms with Gasteiger partial charge in [0.2, 0.25) is 0 Å². The second-order valence-electron chi connectivity index (χ2n) is 3.10. The first-order valence-corrected chi connectivity index (χ1v) is 4.57. The van der Waals surface area contributed by atoms with Crippen LogP contribution >= 0.6 is 0 Å². The number of carbonyl (C=O) groups excluding carboxylic acids is 1. The number of anilines is 2. The Morgan fingerprint density at radius 1 is 1.47 bits per heavy atom. The summed E-state index contributed by atoms with van der Waals surface area (Å²) >= 11 is 0. The van der Waals surface area contributed by atoms with E-state index in [-0.39, 0.29) is 5.91 Å². The van der Waals surface area contributed by atoms with Gasteiger partial charge < -0.3 is 21.5 Å². The Bertz CT molecular complexity index is 353. The molecule has 0 unspecified atom stereocenters. The first-order valence-electron chi connectivity index (χ1n) is 4.57. The number of benzene rings is 1. The van der Waals surface area contributed by atoms with Crippen LogP contribution in [-0.2, 0) is 4.74 Å². The van der Waals surface area contributed by atoms with Gasteiger partial charge in [-0.3, -0.25) is 4.79 Å². The van der Waals surface area contributed by atoms with Crippen LogP contribution in [0.25, 0.3) is 0 Å². The minimum atomic E-state index is -0.218. The summed E-state index contributed by atoms with van der Waals surface area (Å²) in [6, 6.07) is 4.81. The molecule has 1 amide bonds. The molecule has 15 heavy (non-hydrogen) atoms. The molecule has 0 bridgehead atoms. The highest BCUT2D eigenvalue weighted by Crippen LogP contribution is 2.15. The van der Waals surface area contributed by atoms with Crippen molar-refractivity contribution in [2.24, 2.45) is 0 Å². The Kier molecular flexibility index (Phi) is 3.93. The Morgan fingerprint density at radius 3 is 2.80 bits per heavy atom. The number of hydrogen-bond donors (Lipinski definition) is 3. The van der Waals surface area contributed by atoms with Crippen LogP contribution in [0.1, 0.15) is 10.4 Å². The summed E-state index contributed by atoms with van der Waals surface area (Å²) in [5.41, 5.74) is 12.5. The zero-order chi connectivity index (χ0) is 11.3. The van der Waals surface area contributed by atoms with E-state index in [4.69, 9.17) is 16.2 Å². The van der Waals surface area contributed by atoms with E-state index in [1.807, 2.05) is 0 Å². The van der Waals surface area contributed by atoms with Gasteiger partial charge in [-0.2, -0.15) is 0 Å². The monoisotopic (exact) mass is 209 g/mol. The number of amides is 1. The molecule has 0 aliphatic heterocycles. The molecule has 1 rings (SSSR count). The predicted octanol–water partition coefficient (Wildman–Crippen LogP) is 0.227. The minimum Gasteiger partial charge on any atom is -0.399 e. The lowest BCUT2D eigenvalue weighted by Crippen LogP contribution is -2.27. The Labute approximate surface area is 88.4 Å². The molecule has 1 aromatic carbocycles. The first kappa shape index (κ1) is 11.3. The molecule has 0 spiro atoms. The van der Waals surface area contributed by atoms with Crippen LogP contribution in [0, 0.1) is 0 Å². The number of nitrogens with one attached hydrogen (secondary N) is 1. The number of hydrogen-bond acceptors (Lipinski definition) is 4. The fraction of sp³-hybridized carbons (Fsp3) is 0.300. The molecular formula is C10H15N3O2. The molecule has 0 heterocycles. The quantitative estimate of drug-likeness (QED) is 0.489. The van der Waals surface area contributed by atoms with Gasteiger partial charge in [0.25, 0.3) is 5.91 Å². The molecule has 0 saturated carbocycles. The van der Waals surface area contributed by atoms with E-state index in [1.165, 1.54) is 0 Å². The van der Waals surface area contributed by atoms with E-state index in [9.17, 15) is 4.79 Å². The second-order valence-corrected chi connectivity index (χ2v) is 3.10. The maximum absolute atomic E-state index is 11.6. The molecule has 0 fully saturated rings. The van der Waals surface area contributed by atoms with Crippen molar-refractivity contribution in [2.75, 3.05) is 31.7 Å². The molecule has 5 nitrogen and oxygen atoms in total. The summed E-state index contributed by atoms with van der Waals surface area (Å²) in [6.45, 7) is 0.930. The normalized spacial score (nSPS) is 9.93. The SMILES string of the molecule is COCCNC(=O)c1ccc(N)cc1N. The number of methoxy groups -OCH3 is 1. The van der Waals surface area contributed by atoms with E-state index in [0.29, 0.717) is 30.1 Å². The Morgan fingerprint density at radius 2 is 2.20 bits per heavy atom. The average molecular weight is 209 g/mol. The van der Waals surface area contributed by atoms with Gasteiger partial charge >= 0.3 is 0 Å². The van der Waals surface area contributed by atoms with Crippen molar-refractivity contribution in [3.8, 4) is 0 Å². The minimum absolute atomic E-state index is 0.218. The maximum Gasteiger partial charge on any atom is 0.253 e. The summed E-state index contributed by atoms with van der Waals surface area (Å²) < 4.78 is 4.81. The molecule has 5 N–H and O–H groups in total. The van der Waals surface area contributed by atoms with E-state index in [2.05, 4.69) is 5.32 Å². The third-order valence-corrected chi connectivity index (χ3v) is 1.91. The van der Waals surface area contributed by atoms with Crippen molar-refractivity contribution in [3.05, 3.63) is 23.8 Å². The molecule has 0 aliphatic carbocycles. The maximum atomic E-state index is 11.6. The van der Waals surface area contributed by atoms with Crippen LogP contribution in [0.5, 0.6) is 0 Å². The summed E-state index contributed by atoms with van der Waals surface area (Å²) in [5, 5.41) is 2.68. The molecule has 0 radical (unpaired) electrons. The van der Waals surface area contributed by atoms with Gasteiger partial charge in [-0.05, 0) is 18.2 Å². The van der Waals surface area contributed by atoms with E-state index >= 15 is 0 Å². The van der Waals surface area contributed by atoms with Gasteiger partial charge in [-0.15, -0.1) is 0 Å². The molecule has 0 aliphatic rings. The largest absolute Gasteiger partial charge is 0.399 e. The van der Waals surface area contributed by atoms with Crippen LogP contribution < -0.4 is 16.8 Å². The highest BCUT2D eigenvalue weighted by atomic mass is 16.5. The van der Waals surface area contributed by atoms with Crippen LogP contribution in [0.15, 0.2) is 18.2 Å². The lowest BCUT2D eigenvalue weighted by atomic mass is 10.1. The highest BCUT2D eigenvalue weighted by Gasteiger charge is 2.08. The van der Waals surface area contributed by atoms with Crippen molar-refractivity contribution in [2.45, 2.75) is 0 Å². The fourth-order valence-electron chi connectivity index (χ4n) is 1.15.